The van der Waals surface area contributed by atoms with Crippen LogP contribution in [0.5, 0.6) is 0 Å². The Morgan fingerprint density at radius 1 is 1.67 bits per heavy atom. The smallest absolute Gasteiger partial charge is 0.349 e. The number of aliphatic hydroxyl groups is 1. The number of hydrogen-bond acceptors (Lipinski definition) is 4. The Morgan fingerprint density at radius 3 is 2.93 bits per heavy atom. The minimum absolute atomic E-state index is 0.0640. The Balaban J connectivity index is 2.83. The van der Waals surface area contributed by atoms with Gasteiger partial charge in [-0.1, -0.05) is 6.92 Å². The molecule has 1 aromatic heterocycles. The van der Waals surface area contributed by atoms with Crippen LogP contribution in [0.1, 0.15) is 26.5 Å². The van der Waals surface area contributed by atoms with Crippen molar-refractivity contribution in [3.63, 3.8) is 0 Å². The summed E-state index contributed by atoms with van der Waals surface area (Å²) in [6.45, 7) is 3.60. The van der Waals surface area contributed by atoms with E-state index in [0.717, 1.165) is 0 Å². The molecule has 0 fully saturated rings. The summed E-state index contributed by atoms with van der Waals surface area (Å²) < 4.78 is 6.91. The fourth-order valence-corrected chi connectivity index (χ4v) is 1.26. The van der Waals surface area contributed by atoms with Crippen LogP contribution in [0.4, 0.5) is 0 Å². The molecule has 1 N–H and O–H groups in total. The van der Waals surface area contributed by atoms with E-state index >= 15 is 0 Å². The molecule has 0 saturated carbocycles. The van der Waals surface area contributed by atoms with Crippen LogP contribution in [0.2, 0.25) is 0 Å². The van der Waals surface area contributed by atoms with E-state index < -0.39 is 0 Å². The molecule has 0 unspecified atom stereocenters. The van der Waals surface area contributed by atoms with Gasteiger partial charge in [-0.2, -0.15) is 0 Å². The number of nitrogens with zero attached hydrogens (tertiary/aromatic N) is 2. The van der Waals surface area contributed by atoms with Crippen molar-refractivity contribution in [3.8, 4) is 0 Å². The first kappa shape index (κ1) is 11.9. The molecule has 0 amide bonds. The van der Waals surface area contributed by atoms with Crippen molar-refractivity contribution in [2.75, 3.05) is 6.61 Å². The number of aliphatic hydroxyl groups excluding tert-OH is 1. The Hall–Kier alpha value is -1.20. The van der Waals surface area contributed by atoms with Crippen LogP contribution in [0.15, 0.2) is 23.3 Å². The van der Waals surface area contributed by atoms with Gasteiger partial charge < -0.3 is 9.84 Å². The van der Waals surface area contributed by atoms with Gasteiger partial charge >= 0.3 is 5.69 Å². The van der Waals surface area contributed by atoms with E-state index in [9.17, 15) is 4.79 Å². The number of hydrogen-bond donors (Lipinski definition) is 1. The summed E-state index contributed by atoms with van der Waals surface area (Å²) in [7, 11) is 0. The molecule has 0 aromatic carbocycles. The summed E-state index contributed by atoms with van der Waals surface area (Å²) in [5.74, 6) is 0. The summed E-state index contributed by atoms with van der Waals surface area (Å²) in [4.78, 5) is 15.0. The topological polar surface area (TPSA) is 64.3 Å². The zero-order valence-electron chi connectivity index (χ0n) is 8.96. The van der Waals surface area contributed by atoms with Crippen molar-refractivity contribution in [1.82, 2.24) is 9.55 Å². The highest BCUT2D eigenvalue weighted by molar-refractivity contribution is 4.82. The number of rotatable bonds is 5. The minimum atomic E-state index is -0.367. The van der Waals surface area contributed by atoms with Crippen molar-refractivity contribution in [3.05, 3.63) is 28.9 Å². The third kappa shape index (κ3) is 3.14. The molecular formula is C10H16N2O3. The lowest BCUT2D eigenvalue weighted by Gasteiger charge is -2.21. The standard InChI is InChI=1S/C10H16N2O3/c1-3-9(15-8(2)7-13)12-6-4-5-11-10(12)14/h4-6,8-9,13H,3,7H2,1-2H3/t8-,9+/m1/s1. The second-order valence-corrected chi connectivity index (χ2v) is 3.30. The molecular weight excluding hydrogens is 196 g/mol. The summed E-state index contributed by atoms with van der Waals surface area (Å²) in [6, 6.07) is 1.68. The molecule has 2 atom stereocenters. The zero-order chi connectivity index (χ0) is 11.3. The Bertz CT molecular complexity index is 351. The zero-order valence-corrected chi connectivity index (χ0v) is 8.96. The van der Waals surface area contributed by atoms with Gasteiger partial charge in [0.05, 0.1) is 12.7 Å². The molecule has 1 aromatic rings. The molecule has 1 heterocycles. The molecule has 0 aliphatic carbocycles. The molecule has 0 saturated heterocycles. The fourth-order valence-electron chi connectivity index (χ4n) is 1.26. The largest absolute Gasteiger partial charge is 0.394 e. The molecule has 0 aliphatic heterocycles. The second-order valence-electron chi connectivity index (χ2n) is 3.30. The van der Waals surface area contributed by atoms with Crippen molar-refractivity contribution in [1.29, 1.82) is 0 Å². The van der Waals surface area contributed by atoms with E-state index in [4.69, 9.17) is 9.84 Å². The lowest BCUT2D eigenvalue weighted by molar-refractivity contribution is -0.0696. The molecule has 1 rings (SSSR count). The van der Waals surface area contributed by atoms with E-state index in [0.29, 0.717) is 6.42 Å². The van der Waals surface area contributed by atoms with E-state index in [-0.39, 0.29) is 24.6 Å². The molecule has 5 nitrogen and oxygen atoms in total. The predicted molar refractivity (Wildman–Crippen MR) is 55.5 cm³/mol. The summed E-state index contributed by atoms with van der Waals surface area (Å²) in [5, 5.41) is 8.87. The van der Waals surface area contributed by atoms with E-state index in [1.165, 1.54) is 10.8 Å². The normalized spacial score (nSPS) is 14.9. The van der Waals surface area contributed by atoms with Crippen LogP contribution in [-0.4, -0.2) is 27.4 Å². The monoisotopic (exact) mass is 212 g/mol. The van der Waals surface area contributed by atoms with Gasteiger partial charge in [0, 0.05) is 12.4 Å². The summed E-state index contributed by atoms with van der Waals surface area (Å²) in [5.41, 5.74) is -0.338. The lowest BCUT2D eigenvalue weighted by atomic mass is 10.3. The Kier molecular flexibility index (Phi) is 4.45. The SMILES string of the molecule is CC[C@H](O[C@H](C)CO)n1cccnc1=O. The maximum Gasteiger partial charge on any atom is 0.349 e. The van der Waals surface area contributed by atoms with Gasteiger partial charge in [-0.05, 0) is 19.4 Å². The summed E-state index contributed by atoms with van der Waals surface area (Å²) in [6.07, 6.45) is 3.07. The van der Waals surface area contributed by atoms with Crippen LogP contribution in [0.25, 0.3) is 0 Å². The van der Waals surface area contributed by atoms with Crippen LogP contribution >= 0.6 is 0 Å². The predicted octanol–water partition coefficient (Wildman–Crippen LogP) is 0.549. The second kappa shape index (κ2) is 5.63. The van der Waals surface area contributed by atoms with E-state index in [1.807, 2.05) is 6.92 Å². The average molecular weight is 212 g/mol. The van der Waals surface area contributed by atoms with Crippen LogP contribution < -0.4 is 5.69 Å². The highest BCUT2D eigenvalue weighted by atomic mass is 16.5. The molecule has 0 spiro atoms. The van der Waals surface area contributed by atoms with Gasteiger partial charge in [0.1, 0.15) is 6.23 Å². The third-order valence-corrected chi connectivity index (χ3v) is 2.04. The molecule has 0 aliphatic rings. The van der Waals surface area contributed by atoms with Gasteiger partial charge in [0.2, 0.25) is 0 Å². The Labute approximate surface area is 88.3 Å². The van der Waals surface area contributed by atoms with Crippen LogP contribution in [-0.2, 0) is 4.74 Å². The lowest BCUT2D eigenvalue weighted by Crippen LogP contribution is -2.30. The first-order valence-electron chi connectivity index (χ1n) is 4.98. The van der Waals surface area contributed by atoms with Gasteiger partial charge in [0.15, 0.2) is 0 Å². The molecule has 15 heavy (non-hydrogen) atoms. The van der Waals surface area contributed by atoms with E-state index in [1.54, 1.807) is 19.2 Å². The van der Waals surface area contributed by atoms with Gasteiger partial charge in [0.25, 0.3) is 0 Å². The molecule has 5 heteroatoms. The van der Waals surface area contributed by atoms with Crippen molar-refractivity contribution >= 4 is 0 Å². The van der Waals surface area contributed by atoms with Crippen LogP contribution in [0.3, 0.4) is 0 Å². The molecule has 0 radical (unpaired) electrons. The highest BCUT2D eigenvalue weighted by Crippen LogP contribution is 2.12. The molecule has 0 bridgehead atoms. The van der Waals surface area contributed by atoms with Gasteiger partial charge in [-0.3, -0.25) is 4.57 Å². The maximum atomic E-state index is 11.4. The Morgan fingerprint density at radius 2 is 2.40 bits per heavy atom. The van der Waals surface area contributed by atoms with Gasteiger partial charge in [-0.25, -0.2) is 9.78 Å². The first-order chi connectivity index (χ1) is 7.19. The quantitative estimate of drug-likeness (QED) is 0.774. The first-order valence-corrected chi connectivity index (χ1v) is 4.98. The maximum absolute atomic E-state index is 11.4. The van der Waals surface area contributed by atoms with Crippen molar-refractivity contribution in [2.45, 2.75) is 32.6 Å². The third-order valence-electron chi connectivity index (χ3n) is 2.04. The minimum Gasteiger partial charge on any atom is -0.394 e. The highest BCUT2D eigenvalue weighted by Gasteiger charge is 2.13. The number of ether oxygens (including phenoxy) is 1. The van der Waals surface area contributed by atoms with Crippen molar-refractivity contribution in [2.24, 2.45) is 0 Å². The van der Waals surface area contributed by atoms with Gasteiger partial charge in [-0.15, -0.1) is 0 Å². The van der Waals surface area contributed by atoms with Crippen LogP contribution in [0, 0.1) is 0 Å². The summed E-state index contributed by atoms with van der Waals surface area (Å²) >= 11 is 0. The van der Waals surface area contributed by atoms with Crippen molar-refractivity contribution < 1.29 is 9.84 Å². The van der Waals surface area contributed by atoms with E-state index in [2.05, 4.69) is 4.98 Å². The molecule has 84 valence electrons. The number of aromatic nitrogens is 2. The average Bonchev–Trinajstić information content (AvgIpc) is 2.26. The fraction of sp³-hybridized carbons (Fsp3) is 0.600.